The number of hydrogen-bond acceptors (Lipinski definition) is 2. The molecular weight excluding hydrogens is 162 g/mol. The van der Waals surface area contributed by atoms with Crippen molar-refractivity contribution in [1.29, 1.82) is 0 Å². The summed E-state index contributed by atoms with van der Waals surface area (Å²) in [6.45, 7) is 4.16. The van der Waals surface area contributed by atoms with E-state index < -0.39 is 0 Å². The third-order valence-corrected chi connectivity index (χ3v) is 2.19. The Morgan fingerprint density at radius 1 is 1.23 bits per heavy atom. The van der Waals surface area contributed by atoms with Crippen LogP contribution in [-0.2, 0) is 0 Å². The Hall–Kier alpha value is -1.02. The standard InChI is InChI=1S/C11H17NO/c1-8(7-9(2)12)10-3-5-11(13)6-4-10/h3-6,8-9,13H,7,12H2,1-2H3. The monoisotopic (exact) mass is 179 g/mol. The van der Waals surface area contributed by atoms with Crippen molar-refractivity contribution in [2.45, 2.75) is 32.2 Å². The largest absolute Gasteiger partial charge is 0.508 e. The first kappa shape index (κ1) is 10.1. The van der Waals surface area contributed by atoms with Gasteiger partial charge in [-0.15, -0.1) is 0 Å². The molecule has 0 saturated heterocycles. The highest BCUT2D eigenvalue weighted by Gasteiger charge is 2.07. The zero-order chi connectivity index (χ0) is 9.84. The minimum atomic E-state index is 0.226. The second kappa shape index (κ2) is 4.28. The first-order chi connectivity index (χ1) is 6.09. The van der Waals surface area contributed by atoms with Crippen molar-refractivity contribution in [3.8, 4) is 5.75 Å². The van der Waals surface area contributed by atoms with Crippen molar-refractivity contribution < 1.29 is 5.11 Å². The zero-order valence-corrected chi connectivity index (χ0v) is 8.20. The molecule has 1 rings (SSSR count). The fourth-order valence-corrected chi connectivity index (χ4v) is 1.50. The molecule has 2 unspecified atom stereocenters. The average molecular weight is 179 g/mol. The molecule has 0 aliphatic rings. The summed E-state index contributed by atoms with van der Waals surface area (Å²) in [5.41, 5.74) is 6.94. The molecule has 1 aromatic carbocycles. The van der Waals surface area contributed by atoms with Crippen LogP contribution in [0.5, 0.6) is 5.75 Å². The summed E-state index contributed by atoms with van der Waals surface area (Å²) >= 11 is 0. The molecule has 0 fully saturated rings. The van der Waals surface area contributed by atoms with Crippen LogP contribution in [0.4, 0.5) is 0 Å². The smallest absolute Gasteiger partial charge is 0.115 e. The van der Waals surface area contributed by atoms with Crippen LogP contribution < -0.4 is 5.73 Å². The van der Waals surface area contributed by atoms with Crippen molar-refractivity contribution in [3.63, 3.8) is 0 Å². The molecule has 0 spiro atoms. The van der Waals surface area contributed by atoms with Crippen molar-refractivity contribution in [2.24, 2.45) is 5.73 Å². The molecule has 0 aromatic heterocycles. The van der Waals surface area contributed by atoms with Crippen LogP contribution in [0.15, 0.2) is 24.3 Å². The lowest BCUT2D eigenvalue weighted by Gasteiger charge is -2.14. The molecule has 72 valence electrons. The fourth-order valence-electron chi connectivity index (χ4n) is 1.50. The van der Waals surface area contributed by atoms with Gasteiger partial charge in [0.25, 0.3) is 0 Å². The van der Waals surface area contributed by atoms with E-state index in [1.165, 1.54) is 5.56 Å². The SMILES string of the molecule is CC(N)CC(C)c1ccc(O)cc1. The molecule has 13 heavy (non-hydrogen) atoms. The summed E-state index contributed by atoms with van der Waals surface area (Å²) in [7, 11) is 0. The average Bonchev–Trinajstić information content (AvgIpc) is 2.04. The van der Waals surface area contributed by atoms with Gasteiger partial charge < -0.3 is 10.8 Å². The minimum Gasteiger partial charge on any atom is -0.508 e. The van der Waals surface area contributed by atoms with Gasteiger partial charge in [-0.1, -0.05) is 19.1 Å². The van der Waals surface area contributed by atoms with E-state index in [2.05, 4.69) is 6.92 Å². The Morgan fingerprint density at radius 3 is 2.23 bits per heavy atom. The van der Waals surface area contributed by atoms with Crippen LogP contribution in [0.3, 0.4) is 0 Å². The maximum atomic E-state index is 9.10. The van der Waals surface area contributed by atoms with Crippen LogP contribution in [0.2, 0.25) is 0 Å². The van der Waals surface area contributed by atoms with Crippen LogP contribution in [0.25, 0.3) is 0 Å². The lowest BCUT2D eigenvalue weighted by Crippen LogP contribution is -2.17. The minimum absolute atomic E-state index is 0.226. The molecule has 0 radical (unpaired) electrons. The molecule has 2 heteroatoms. The van der Waals surface area contributed by atoms with Gasteiger partial charge in [-0.05, 0) is 37.0 Å². The van der Waals surface area contributed by atoms with Gasteiger partial charge in [0.15, 0.2) is 0 Å². The van der Waals surface area contributed by atoms with E-state index in [0.717, 1.165) is 6.42 Å². The summed E-state index contributed by atoms with van der Waals surface area (Å²) in [5, 5.41) is 9.10. The normalized spacial score (nSPS) is 15.3. The highest BCUT2D eigenvalue weighted by Crippen LogP contribution is 2.21. The third-order valence-electron chi connectivity index (χ3n) is 2.19. The van der Waals surface area contributed by atoms with E-state index >= 15 is 0 Å². The molecular formula is C11H17NO. The maximum absolute atomic E-state index is 9.10. The second-order valence-corrected chi connectivity index (χ2v) is 3.71. The van der Waals surface area contributed by atoms with E-state index in [-0.39, 0.29) is 6.04 Å². The highest BCUT2D eigenvalue weighted by atomic mass is 16.3. The summed E-state index contributed by atoms with van der Waals surface area (Å²) < 4.78 is 0. The molecule has 0 bridgehead atoms. The van der Waals surface area contributed by atoms with Crippen molar-refractivity contribution in [3.05, 3.63) is 29.8 Å². The van der Waals surface area contributed by atoms with Crippen LogP contribution in [0.1, 0.15) is 31.7 Å². The number of nitrogens with two attached hydrogens (primary N) is 1. The van der Waals surface area contributed by atoms with Gasteiger partial charge in [0.2, 0.25) is 0 Å². The van der Waals surface area contributed by atoms with E-state index in [9.17, 15) is 0 Å². The van der Waals surface area contributed by atoms with Crippen LogP contribution in [-0.4, -0.2) is 11.1 Å². The molecule has 0 aliphatic heterocycles. The lowest BCUT2D eigenvalue weighted by molar-refractivity contribution is 0.474. The van der Waals surface area contributed by atoms with E-state index in [0.29, 0.717) is 11.7 Å². The number of phenolic OH excluding ortho intramolecular Hbond substituents is 1. The number of phenols is 1. The number of rotatable bonds is 3. The van der Waals surface area contributed by atoms with Crippen molar-refractivity contribution >= 4 is 0 Å². The third kappa shape index (κ3) is 3.07. The van der Waals surface area contributed by atoms with E-state index in [1.54, 1.807) is 12.1 Å². The number of aromatic hydroxyl groups is 1. The van der Waals surface area contributed by atoms with Gasteiger partial charge in [0.1, 0.15) is 5.75 Å². The van der Waals surface area contributed by atoms with Crippen LogP contribution in [0, 0.1) is 0 Å². The Bertz CT molecular complexity index is 253. The Kier molecular flexibility index (Phi) is 3.32. The second-order valence-electron chi connectivity index (χ2n) is 3.71. The molecule has 0 heterocycles. The lowest BCUT2D eigenvalue weighted by atomic mass is 9.95. The van der Waals surface area contributed by atoms with Gasteiger partial charge in [0, 0.05) is 6.04 Å². The first-order valence-corrected chi connectivity index (χ1v) is 4.64. The fraction of sp³-hybridized carbons (Fsp3) is 0.455. The quantitative estimate of drug-likeness (QED) is 0.747. The summed E-state index contributed by atoms with van der Waals surface area (Å²) in [4.78, 5) is 0. The molecule has 0 amide bonds. The molecule has 2 atom stereocenters. The summed E-state index contributed by atoms with van der Waals surface area (Å²) in [6.07, 6.45) is 0.977. The summed E-state index contributed by atoms with van der Waals surface area (Å²) in [6, 6.07) is 7.55. The number of hydrogen-bond donors (Lipinski definition) is 2. The van der Waals surface area contributed by atoms with Crippen molar-refractivity contribution in [1.82, 2.24) is 0 Å². The topological polar surface area (TPSA) is 46.2 Å². The van der Waals surface area contributed by atoms with Gasteiger partial charge >= 0.3 is 0 Å². The van der Waals surface area contributed by atoms with Gasteiger partial charge in [-0.3, -0.25) is 0 Å². The molecule has 3 N–H and O–H groups in total. The van der Waals surface area contributed by atoms with Gasteiger partial charge in [0.05, 0.1) is 0 Å². The molecule has 1 aromatic rings. The number of benzene rings is 1. The molecule has 2 nitrogen and oxygen atoms in total. The van der Waals surface area contributed by atoms with Crippen LogP contribution >= 0.6 is 0 Å². The van der Waals surface area contributed by atoms with E-state index in [4.69, 9.17) is 10.8 Å². The van der Waals surface area contributed by atoms with Gasteiger partial charge in [-0.2, -0.15) is 0 Å². The summed E-state index contributed by atoms with van der Waals surface area (Å²) in [5.74, 6) is 0.775. The molecule has 0 aliphatic carbocycles. The Labute approximate surface area is 79.4 Å². The zero-order valence-electron chi connectivity index (χ0n) is 8.20. The highest BCUT2D eigenvalue weighted by molar-refractivity contribution is 5.27. The molecule has 0 saturated carbocycles. The maximum Gasteiger partial charge on any atom is 0.115 e. The Balaban J connectivity index is 2.66. The van der Waals surface area contributed by atoms with Gasteiger partial charge in [-0.25, -0.2) is 0 Å². The van der Waals surface area contributed by atoms with E-state index in [1.807, 2.05) is 19.1 Å². The predicted molar refractivity (Wildman–Crippen MR) is 54.8 cm³/mol. The first-order valence-electron chi connectivity index (χ1n) is 4.64. The Morgan fingerprint density at radius 2 is 1.77 bits per heavy atom. The predicted octanol–water partition coefficient (Wildman–Crippen LogP) is 2.23. The van der Waals surface area contributed by atoms with Crippen molar-refractivity contribution in [2.75, 3.05) is 0 Å².